The number of ether oxygens (including phenoxy) is 2. The number of nitrogens with zero attached hydrogens (tertiary/aromatic N) is 1. The number of esters is 1. The van der Waals surface area contributed by atoms with Crippen LogP contribution in [0.2, 0.25) is 0 Å². The summed E-state index contributed by atoms with van der Waals surface area (Å²) in [7, 11) is 0. The van der Waals surface area contributed by atoms with Crippen molar-refractivity contribution in [2.45, 2.75) is 97.2 Å². The monoisotopic (exact) mass is 479 g/mol. The fourth-order valence-electron chi connectivity index (χ4n) is 4.58. The van der Waals surface area contributed by atoms with Crippen molar-refractivity contribution in [3.63, 3.8) is 0 Å². The molecule has 2 saturated heterocycles. The quantitative estimate of drug-likeness (QED) is 0.492. The number of aromatic nitrogens is 1. The standard InChI is InChI=1S/C25H37NO6S/c1-13-7-6-8-20-22(31-20)11-21(14(2)9-18-12-33-17(5)26-18)32-23(28)10-19(27)15(3)25(30)16(4)24(13)29/h9,12-13,15-16,19-22,24,27,29H,6-8,10-11H2,1-5H3/b14-9-/t13-,15-,16-,19+,20-,21+,22+,24-/m1/s1. The van der Waals surface area contributed by atoms with Gasteiger partial charge in [-0.1, -0.05) is 27.2 Å². The number of ketones is 1. The van der Waals surface area contributed by atoms with E-state index in [4.69, 9.17) is 9.47 Å². The lowest BCUT2D eigenvalue weighted by Crippen LogP contribution is -2.39. The first kappa shape index (κ1) is 26.0. The average Bonchev–Trinajstić information content (AvgIpc) is 3.38. The van der Waals surface area contributed by atoms with Crippen molar-refractivity contribution in [2.75, 3.05) is 0 Å². The number of fused-ring (bicyclic) bond motifs is 1. The highest BCUT2D eigenvalue weighted by Crippen LogP contribution is 2.35. The van der Waals surface area contributed by atoms with Crippen LogP contribution in [0, 0.1) is 24.7 Å². The molecule has 2 aliphatic rings. The molecule has 0 radical (unpaired) electrons. The largest absolute Gasteiger partial charge is 0.458 e. The van der Waals surface area contributed by atoms with Crippen LogP contribution in [0.15, 0.2) is 11.0 Å². The van der Waals surface area contributed by atoms with Crippen LogP contribution in [-0.4, -0.2) is 57.5 Å². The van der Waals surface area contributed by atoms with E-state index in [1.807, 2.05) is 32.2 Å². The number of hydrogen-bond donors (Lipinski definition) is 2. The Bertz CT molecular complexity index is 867. The van der Waals surface area contributed by atoms with Gasteiger partial charge in [-0.3, -0.25) is 9.59 Å². The summed E-state index contributed by atoms with van der Waals surface area (Å²) in [4.78, 5) is 30.0. The first-order chi connectivity index (χ1) is 15.6. The van der Waals surface area contributed by atoms with E-state index < -0.39 is 36.1 Å². The zero-order valence-electron chi connectivity index (χ0n) is 20.2. The van der Waals surface area contributed by atoms with Gasteiger partial charge in [-0.25, -0.2) is 4.98 Å². The van der Waals surface area contributed by atoms with Crippen LogP contribution in [0.25, 0.3) is 6.08 Å². The first-order valence-electron chi connectivity index (χ1n) is 11.9. The summed E-state index contributed by atoms with van der Waals surface area (Å²) < 4.78 is 11.6. The number of aliphatic hydroxyl groups excluding tert-OH is 2. The topological polar surface area (TPSA) is 109 Å². The number of rotatable bonds is 2. The lowest BCUT2D eigenvalue weighted by molar-refractivity contribution is -0.151. The maximum atomic E-state index is 12.8. The Morgan fingerprint density at radius 2 is 1.88 bits per heavy atom. The Morgan fingerprint density at radius 3 is 2.55 bits per heavy atom. The van der Waals surface area contributed by atoms with Crippen molar-refractivity contribution < 1.29 is 29.3 Å². The smallest absolute Gasteiger partial charge is 0.309 e. The number of carbonyl (C=O) groups is 2. The molecule has 0 bridgehead atoms. The van der Waals surface area contributed by atoms with Gasteiger partial charge in [0.2, 0.25) is 0 Å². The van der Waals surface area contributed by atoms with Gasteiger partial charge in [0.05, 0.1) is 41.5 Å². The second-order valence-corrected chi connectivity index (χ2v) is 10.8. The maximum Gasteiger partial charge on any atom is 0.309 e. The minimum atomic E-state index is -1.17. The lowest BCUT2D eigenvalue weighted by Gasteiger charge is -2.28. The molecule has 3 rings (SSSR count). The third-order valence-corrected chi connectivity index (χ3v) is 7.81. The Kier molecular flexibility index (Phi) is 8.83. The minimum Gasteiger partial charge on any atom is -0.458 e. The molecule has 0 amide bonds. The van der Waals surface area contributed by atoms with Gasteiger partial charge in [-0.15, -0.1) is 11.3 Å². The summed E-state index contributed by atoms with van der Waals surface area (Å²) in [6.45, 7) is 9.10. The Hall–Kier alpha value is -1.61. The molecule has 33 heavy (non-hydrogen) atoms. The molecular weight excluding hydrogens is 442 g/mol. The van der Waals surface area contributed by atoms with Crippen LogP contribution in [0.4, 0.5) is 0 Å². The molecular formula is C25H37NO6S. The number of cyclic esters (lactones) is 1. The predicted octanol–water partition coefficient (Wildman–Crippen LogP) is 3.70. The minimum absolute atomic E-state index is 0.0146. The lowest BCUT2D eigenvalue weighted by atomic mass is 9.81. The zero-order valence-corrected chi connectivity index (χ0v) is 21.0. The number of carbonyl (C=O) groups excluding carboxylic acids is 2. The number of aliphatic hydroxyl groups is 2. The van der Waals surface area contributed by atoms with Gasteiger partial charge >= 0.3 is 5.97 Å². The summed E-state index contributed by atoms with van der Waals surface area (Å²) >= 11 is 1.56. The van der Waals surface area contributed by atoms with Crippen LogP contribution in [0.5, 0.6) is 0 Å². The van der Waals surface area contributed by atoms with Gasteiger partial charge in [0, 0.05) is 23.6 Å². The zero-order chi connectivity index (χ0) is 24.3. The average molecular weight is 480 g/mol. The number of Topliss-reactive ketones (excluding diaryl/α,β-unsaturated/α-hetero) is 1. The molecule has 0 spiro atoms. The van der Waals surface area contributed by atoms with E-state index in [-0.39, 0.29) is 30.3 Å². The Morgan fingerprint density at radius 1 is 1.15 bits per heavy atom. The van der Waals surface area contributed by atoms with Crippen molar-refractivity contribution >= 4 is 29.2 Å². The fourth-order valence-corrected chi connectivity index (χ4v) is 5.15. The van der Waals surface area contributed by atoms with E-state index >= 15 is 0 Å². The van der Waals surface area contributed by atoms with E-state index in [0.29, 0.717) is 6.42 Å². The van der Waals surface area contributed by atoms with Gasteiger partial charge in [0.25, 0.3) is 0 Å². The van der Waals surface area contributed by atoms with Gasteiger partial charge in [-0.05, 0) is 44.3 Å². The molecule has 0 unspecified atom stereocenters. The van der Waals surface area contributed by atoms with Crippen LogP contribution >= 0.6 is 11.3 Å². The highest BCUT2D eigenvalue weighted by atomic mass is 32.1. The molecule has 3 heterocycles. The van der Waals surface area contributed by atoms with Gasteiger partial charge in [0.15, 0.2) is 0 Å². The molecule has 2 aliphatic heterocycles. The van der Waals surface area contributed by atoms with Crippen molar-refractivity contribution in [3.05, 3.63) is 21.7 Å². The van der Waals surface area contributed by atoms with Crippen LogP contribution in [-0.2, 0) is 19.1 Å². The molecule has 8 atom stereocenters. The third-order valence-electron chi connectivity index (χ3n) is 7.02. The second kappa shape index (κ2) is 11.2. The summed E-state index contributed by atoms with van der Waals surface area (Å²) in [5.74, 6) is -2.22. The molecule has 0 aliphatic carbocycles. The molecule has 0 aromatic carbocycles. The number of aryl methyl sites for hydroxylation is 1. The van der Waals surface area contributed by atoms with Crippen molar-refractivity contribution in [2.24, 2.45) is 17.8 Å². The van der Waals surface area contributed by atoms with Crippen LogP contribution in [0.1, 0.15) is 70.5 Å². The molecule has 1 aromatic heterocycles. The highest BCUT2D eigenvalue weighted by Gasteiger charge is 2.42. The fraction of sp³-hybridized carbons (Fsp3) is 0.720. The molecule has 0 saturated carbocycles. The molecule has 8 heteroatoms. The number of thiazole rings is 1. The van der Waals surface area contributed by atoms with Crippen molar-refractivity contribution in [1.82, 2.24) is 4.98 Å². The van der Waals surface area contributed by atoms with Crippen LogP contribution in [0.3, 0.4) is 0 Å². The molecule has 2 N–H and O–H groups in total. The summed E-state index contributed by atoms with van der Waals surface area (Å²) in [6.07, 6.45) is 2.43. The molecule has 7 nitrogen and oxygen atoms in total. The number of hydrogen-bond acceptors (Lipinski definition) is 8. The maximum absolute atomic E-state index is 12.8. The SMILES string of the molecule is C/C(=C/c1csc(C)n1)[C@@H]1C[C@@H]2O[C@@H]2CCC[C@@H](C)[C@@H](O)[C@@H](C)C(=O)[C@H](C)[C@@H](O)CC(=O)O1. The highest BCUT2D eigenvalue weighted by molar-refractivity contribution is 7.09. The molecule has 2 fully saturated rings. The second-order valence-electron chi connectivity index (χ2n) is 9.76. The van der Waals surface area contributed by atoms with E-state index in [2.05, 4.69) is 4.98 Å². The van der Waals surface area contributed by atoms with Crippen LogP contribution < -0.4 is 0 Å². The van der Waals surface area contributed by atoms with E-state index in [0.717, 1.165) is 35.5 Å². The molecule has 184 valence electrons. The third kappa shape index (κ3) is 6.94. The van der Waals surface area contributed by atoms with E-state index in [1.165, 1.54) is 0 Å². The first-order valence-corrected chi connectivity index (χ1v) is 12.8. The van der Waals surface area contributed by atoms with Gasteiger partial charge in [0.1, 0.15) is 11.9 Å². The van der Waals surface area contributed by atoms with Crippen molar-refractivity contribution in [1.29, 1.82) is 0 Å². The van der Waals surface area contributed by atoms with Gasteiger partial charge in [-0.2, -0.15) is 0 Å². The predicted molar refractivity (Wildman–Crippen MR) is 127 cm³/mol. The Labute approximate surface area is 200 Å². The summed E-state index contributed by atoms with van der Waals surface area (Å²) in [6, 6.07) is 0. The summed E-state index contributed by atoms with van der Waals surface area (Å²) in [5.41, 5.74) is 1.69. The summed E-state index contributed by atoms with van der Waals surface area (Å²) in [5, 5.41) is 24.1. The Balaban J connectivity index is 1.77. The van der Waals surface area contributed by atoms with Gasteiger partial charge < -0.3 is 19.7 Å². The normalized spacial score (nSPS) is 37.4. The number of epoxide rings is 1. The van der Waals surface area contributed by atoms with E-state index in [1.54, 1.807) is 25.2 Å². The van der Waals surface area contributed by atoms with Crippen molar-refractivity contribution in [3.8, 4) is 0 Å². The van der Waals surface area contributed by atoms with E-state index in [9.17, 15) is 19.8 Å². The molecule has 1 aromatic rings.